The maximum Gasteiger partial charge on any atom is 0.269 e. The molecule has 0 aliphatic heterocycles. The van der Waals surface area contributed by atoms with Crippen LogP contribution in [0.3, 0.4) is 0 Å². The molecule has 0 spiro atoms. The van der Waals surface area contributed by atoms with E-state index in [2.05, 4.69) is 0 Å². The van der Waals surface area contributed by atoms with E-state index in [1.165, 1.54) is 0 Å². The lowest BCUT2D eigenvalue weighted by atomic mass is 9.94. The molecule has 7 heteroatoms. The lowest BCUT2D eigenvalue weighted by Gasteiger charge is -2.12. The first-order valence-electron chi connectivity index (χ1n) is 4.81. The van der Waals surface area contributed by atoms with Gasteiger partial charge in [-0.3, -0.25) is 14.9 Å². The lowest BCUT2D eigenvalue weighted by Crippen LogP contribution is -2.23. The zero-order chi connectivity index (χ0) is 13.0. The molecule has 1 amide bonds. The van der Waals surface area contributed by atoms with Crippen LogP contribution in [0, 0.1) is 15.9 Å². The molecular formula is C10H11FN2O4. The standard InChI is InChI=1S/C10H11FN2O4/c11-9-2-1-6(13(16)17)5-8(9)7(3-4-14)10(12)15/h1-2,5,7,14H,3-4H2,(H2,12,15). The van der Waals surface area contributed by atoms with Gasteiger partial charge in [-0.05, 0) is 12.5 Å². The molecule has 0 bridgehead atoms. The van der Waals surface area contributed by atoms with E-state index >= 15 is 0 Å². The third-order valence-electron chi connectivity index (χ3n) is 2.33. The highest BCUT2D eigenvalue weighted by molar-refractivity contribution is 5.82. The highest BCUT2D eigenvalue weighted by atomic mass is 19.1. The van der Waals surface area contributed by atoms with Gasteiger partial charge in [0.25, 0.3) is 5.69 Å². The quantitative estimate of drug-likeness (QED) is 0.585. The third-order valence-corrected chi connectivity index (χ3v) is 2.33. The SMILES string of the molecule is NC(=O)C(CCO)c1cc([N+](=O)[O-])ccc1F. The number of aliphatic hydroxyl groups is 1. The molecule has 0 aliphatic rings. The molecule has 0 fully saturated rings. The Morgan fingerprint density at radius 2 is 2.24 bits per heavy atom. The van der Waals surface area contributed by atoms with E-state index in [-0.39, 0.29) is 24.3 Å². The fraction of sp³-hybridized carbons (Fsp3) is 0.300. The Hall–Kier alpha value is -2.02. The van der Waals surface area contributed by atoms with Crippen LogP contribution >= 0.6 is 0 Å². The van der Waals surface area contributed by atoms with Crippen LogP contribution in [0.1, 0.15) is 17.9 Å². The van der Waals surface area contributed by atoms with Crippen molar-refractivity contribution in [1.29, 1.82) is 0 Å². The summed E-state index contributed by atoms with van der Waals surface area (Å²) in [7, 11) is 0. The minimum atomic E-state index is -1.07. The largest absolute Gasteiger partial charge is 0.396 e. The van der Waals surface area contributed by atoms with Crippen molar-refractivity contribution in [1.82, 2.24) is 0 Å². The van der Waals surface area contributed by atoms with Crippen LogP contribution in [-0.2, 0) is 4.79 Å². The van der Waals surface area contributed by atoms with Gasteiger partial charge >= 0.3 is 0 Å². The van der Waals surface area contributed by atoms with Gasteiger partial charge in [-0.1, -0.05) is 0 Å². The molecule has 1 unspecified atom stereocenters. The molecule has 0 aromatic heterocycles. The summed E-state index contributed by atoms with van der Waals surface area (Å²) in [6.07, 6.45) is -0.0760. The van der Waals surface area contributed by atoms with Crippen molar-refractivity contribution in [3.8, 4) is 0 Å². The number of carbonyl (C=O) groups excluding carboxylic acids is 1. The number of hydrogen-bond donors (Lipinski definition) is 2. The Bertz CT molecular complexity index is 450. The number of nitro benzene ring substituents is 1. The van der Waals surface area contributed by atoms with Crippen LogP contribution in [0.25, 0.3) is 0 Å². The van der Waals surface area contributed by atoms with Gasteiger partial charge in [0.15, 0.2) is 0 Å². The predicted octanol–water partition coefficient (Wildman–Crippen LogP) is 0.685. The summed E-state index contributed by atoms with van der Waals surface area (Å²) in [6.45, 7) is -0.365. The van der Waals surface area contributed by atoms with Gasteiger partial charge in [-0.15, -0.1) is 0 Å². The van der Waals surface area contributed by atoms with Crippen molar-refractivity contribution in [3.05, 3.63) is 39.7 Å². The maximum atomic E-state index is 13.5. The summed E-state index contributed by atoms with van der Waals surface area (Å²) in [5, 5.41) is 19.3. The Morgan fingerprint density at radius 1 is 1.59 bits per heavy atom. The van der Waals surface area contributed by atoms with E-state index in [4.69, 9.17) is 10.8 Å². The molecule has 6 nitrogen and oxygen atoms in total. The summed E-state index contributed by atoms with van der Waals surface area (Å²) in [5.74, 6) is -2.66. The second-order valence-corrected chi connectivity index (χ2v) is 3.43. The van der Waals surface area contributed by atoms with Crippen LogP contribution in [0.4, 0.5) is 10.1 Å². The molecule has 1 rings (SSSR count). The predicted molar refractivity (Wildman–Crippen MR) is 56.7 cm³/mol. The van der Waals surface area contributed by atoms with Crippen LogP contribution in [0.15, 0.2) is 18.2 Å². The Morgan fingerprint density at radius 3 is 2.71 bits per heavy atom. The smallest absolute Gasteiger partial charge is 0.269 e. The van der Waals surface area contributed by atoms with Gasteiger partial charge in [0.2, 0.25) is 5.91 Å². The number of primary amides is 1. The first-order chi connectivity index (χ1) is 7.97. The Kier molecular flexibility index (Phi) is 4.11. The number of benzene rings is 1. The molecule has 0 heterocycles. The van der Waals surface area contributed by atoms with E-state index in [0.29, 0.717) is 0 Å². The second kappa shape index (κ2) is 5.35. The van der Waals surface area contributed by atoms with Gasteiger partial charge in [0.05, 0.1) is 10.8 Å². The second-order valence-electron chi connectivity index (χ2n) is 3.43. The summed E-state index contributed by atoms with van der Waals surface area (Å²) in [4.78, 5) is 20.9. The average Bonchev–Trinajstić information content (AvgIpc) is 2.26. The minimum absolute atomic E-state index is 0.0760. The fourth-order valence-electron chi connectivity index (χ4n) is 1.49. The highest BCUT2D eigenvalue weighted by Gasteiger charge is 2.23. The third kappa shape index (κ3) is 2.97. The minimum Gasteiger partial charge on any atom is -0.396 e. The summed E-state index contributed by atoms with van der Waals surface area (Å²) < 4.78 is 13.5. The number of amides is 1. The number of nitrogens with zero attached hydrogens (tertiary/aromatic N) is 1. The zero-order valence-corrected chi connectivity index (χ0v) is 8.80. The van der Waals surface area contributed by atoms with Gasteiger partial charge in [-0.2, -0.15) is 0 Å². The number of rotatable bonds is 5. The zero-order valence-electron chi connectivity index (χ0n) is 8.80. The molecule has 1 atom stereocenters. The van der Waals surface area contributed by atoms with E-state index in [0.717, 1.165) is 18.2 Å². The van der Waals surface area contributed by atoms with Crippen LogP contribution in [0.5, 0.6) is 0 Å². The van der Waals surface area contributed by atoms with Crippen molar-refractivity contribution in [2.45, 2.75) is 12.3 Å². The molecule has 92 valence electrons. The number of non-ortho nitro benzene ring substituents is 1. The van der Waals surface area contributed by atoms with E-state index in [1.807, 2.05) is 0 Å². The van der Waals surface area contributed by atoms with Crippen molar-refractivity contribution in [3.63, 3.8) is 0 Å². The van der Waals surface area contributed by atoms with E-state index in [1.54, 1.807) is 0 Å². The lowest BCUT2D eigenvalue weighted by molar-refractivity contribution is -0.385. The molecule has 0 saturated heterocycles. The highest BCUT2D eigenvalue weighted by Crippen LogP contribution is 2.26. The molecule has 0 aliphatic carbocycles. The average molecular weight is 242 g/mol. The first-order valence-corrected chi connectivity index (χ1v) is 4.81. The van der Waals surface area contributed by atoms with Crippen molar-refractivity contribution in [2.24, 2.45) is 5.73 Å². The van der Waals surface area contributed by atoms with Gasteiger partial charge in [0.1, 0.15) is 5.82 Å². The van der Waals surface area contributed by atoms with Crippen molar-refractivity contribution < 1.29 is 19.2 Å². The van der Waals surface area contributed by atoms with Crippen LogP contribution in [-0.4, -0.2) is 22.5 Å². The van der Waals surface area contributed by atoms with Crippen LogP contribution in [0.2, 0.25) is 0 Å². The number of nitrogens with two attached hydrogens (primary N) is 1. The number of hydrogen-bond acceptors (Lipinski definition) is 4. The molecule has 3 N–H and O–H groups in total. The molecule has 0 radical (unpaired) electrons. The fourth-order valence-corrected chi connectivity index (χ4v) is 1.49. The molecular weight excluding hydrogens is 231 g/mol. The maximum absolute atomic E-state index is 13.5. The summed E-state index contributed by atoms with van der Waals surface area (Å²) >= 11 is 0. The van der Waals surface area contributed by atoms with Crippen LogP contribution < -0.4 is 5.73 Å². The number of carbonyl (C=O) groups is 1. The van der Waals surface area contributed by atoms with Gasteiger partial charge in [0, 0.05) is 24.3 Å². The van der Waals surface area contributed by atoms with E-state index in [9.17, 15) is 19.3 Å². The number of nitro groups is 1. The summed E-state index contributed by atoms with van der Waals surface area (Å²) in [6, 6.07) is 2.86. The monoisotopic (exact) mass is 242 g/mol. The van der Waals surface area contributed by atoms with Gasteiger partial charge < -0.3 is 10.8 Å². The molecule has 17 heavy (non-hydrogen) atoms. The number of halogens is 1. The van der Waals surface area contributed by atoms with Crippen molar-refractivity contribution >= 4 is 11.6 Å². The Labute approximate surface area is 96.0 Å². The normalized spacial score (nSPS) is 12.1. The molecule has 1 aromatic rings. The summed E-state index contributed by atoms with van der Waals surface area (Å²) in [5.41, 5.74) is 4.57. The van der Waals surface area contributed by atoms with Gasteiger partial charge in [-0.25, -0.2) is 4.39 Å². The molecule has 0 saturated carbocycles. The molecule has 1 aromatic carbocycles. The topological polar surface area (TPSA) is 106 Å². The van der Waals surface area contributed by atoms with E-state index < -0.39 is 22.6 Å². The number of aliphatic hydroxyl groups excluding tert-OH is 1. The Balaban J connectivity index is 3.21. The van der Waals surface area contributed by atoms with Crippen molar-refractivity contribution in [2.75, 3.05) is 6.61 Å². The first kappa shape index (κ1) is 13.0.